The molecule has 1 heterocycles. The Morgan fingerprint density at radius 1 is 1.04 bits per heavy atom. The lowest BCUT2D eigenvalue weighted by Crippen LogP contribution is -2.42. The van der Waals surface area contributed by atoms with Crippen molar-refractivity contribution >= 4 is 11.9 Å². The monoisotopic (exact) mass is 337 g/mol. The highest BCUT2D eigenvalue weighted by Crippen LogP contribution is 2.22. The third-order valence-electron chi connectivity index (χ3n) is 4.57. The van der Waals surface area contributed by atoms with Crippen LogP contribution in [0.2, 0.25) is 0 Å². The molecule has 0 bridgehead atoms. The topological polar surface area (TPSA) is 46.6 Å². The first kappa shape index (κ1) is 17.2. The van der Waals surface area contributed by atoms with Gasteiger partial charge in [0.1, 0.15) is 0 Å². The molecule has 0 radical (unpaired) electrons. The average Bonchev–Trinajstić information content (AvgIpc) is 2.68. The highest BCUT2D eigenvalue weighted by molar-refractivity contribution is 5.95. The van der Waals surface area contributed by atoms with Crippen LogP contribution < -0.4 is 0 Å². The van der Waals surface area contributed by atoms with Gasteiger partial charge in [-0.3, -0.25) is 9.59 Å². The fraction of sp³-hybridized carbons (Fsp3) is 0.333. The quantitative estimate of drug-likeness (QED) is 0.798. The van der Waals surface area contributed by atoms with Gasteiger partial charge in [0.25, 0.3) is 5.91 Å². The van der Waals surface area contributed by atoms with Crippen molar-refractivity contribution < 1.29 is 14.3 Å². The molecule has 0 saturated carbocycles. The van der Waals surface area contributed by atoms with Crippen LogP contribution in [-0.4, -0.2) is 36.5 Å². The Balaban J connectivity index is 1.69. The lowest BCUT2D eigenvalue weighted by molar-refractivity contribution is -0.149. The molecule has 0 spiro atoms. The predicted molar refractivity (Wildman–Crippen MR) is 97.1 cm³/mol. The highest BCUT2D eigenvalue weighted by Gasteiger charge is 2.29. The van der Waals surface area contributed by atoms with Crippen molar-refractivity contribution in [2.75, 3.05) is 19.7 Å². The van der Waals surface area contributed by atoms with E-state index >= 15 is 0 Å². The SMILES string of the molecule is CCOC(=O)[C@H]1CCCN(C(=O)c2ccc(-c3ccccc3)cc2)C1. The Kier molecular flexibility index (Phi) is 5.49. The first-order valence-electron chi connectivity index (χ1n) is 8.80. The molecule has 0 aliphatic carbocycles. The average molecular weight is 337 g/mol. The summed E-state index contributed by atoms with van der Waals surface area (Å²) in [5.41, 5.74) is 2.87. The highest BCUT2D eigenvalue weighted by atomic mass is 16.5. The Morgan fingerprint density at radius 2 is 1.72 bits per heavy atom. The van der Waals surface area contributed by atoms with E-state index in [4.69, 9.17) is 4.74 Å². The molecule has 0 aromatic heterocycles. The van der Waals surface area contributed by atoms with Gasteiger partial charge in [0.15, 0.2) is 0 Å². The summed E-state index contributed by atoms with van der Waals surface area (Å²) in [4.78, 5) is 26.5. The number of hydrogen-bond donors (Lipinski definition) is 0. The second-order valence-electron chi connectivity index (χ2n) is 6.29. The number of esters is 1. The lowest BCUT2D eigenvalue weighted by Gasteiger charge is -2.31. The summed E-state index contributed by atoms with van der Waals surface area (Å²) in [6.07, 6.45) is 1.62. The number of carbonyl (C=O) groups excluding carboxylic acids is 2. The largest absolute Gasteiger partial charge is 0.466 e. The number of amides is 1. The Morgan fingerprint density at radius 3 is 2.40 bits per heavy atom. The van der Waals surface area contributed by atoms with Gasteiger partial charge in [-0.25, -0.2) is 0 Å². The number of benzene rings is 2. The van der Waals surface area contributed by atoms with Crippen molar-refractivity contribution in [1.82, 2.24) is 4.90 Å². The van der Waals surface area contributed by atoms with Gasteiger partial charge in [-0.05, 0) is 43.0 Å². The van der Waals surface area contributed by atoms with E-state index in [0.29, 0.717) is 25.3 Å². The summed E-state index contributed by atoms with van der Waals surface area (Å²) in [6, 6.07) is 17.7. The Bertz CT molecular complexity index is 725. The molecule has 4 heteroatoms. The summed E-state index contributed by atoms with van der Waals surface area (Å²) >= 11 is 0. The van der Waals surface area contributed by atoms with E-state index in [-0.39, 0.29) is 17.8 Å². The van der Waals surface area contributed by atoms with Gasteiger partial charge in [-0.1, -0.05) is 42.5 Å². The molecule has 1 saturated heterocycles. The second kappa shape index (κ2) is 7.97. The van der Waals surface area contributed by atoms with Gasteiger partial charge in [0, 0.05) is 18.7 Å². The second-order valence-corrected chi connectivity index (χ2v) is 6.29. The van der Waals surface area contributed by atoms with Crippen molar-refractivity contribution in [1.29, 1.82) is 0 Å². The Hall–Kier alpha value is -2.62. The zero-order chi connectivity index (χ0) is 17.6. The molecule has 0 unspecified atom stereocenters. The molecule has 1 atom stereocenters. The molecule has 4 nitrogen and oxygen atoms in total. The summed E-state index contributed by atoms with van der Waals surface area (Å²) in [7, 11) is 0. The predicted octanol–water partition coefficient (Wildman–Crippen LogP) is 3.77. The summed E-state index contributed by atoms with van der Waals surface area (Å²) in [5.74, 6) is -0.422. The molecule has 1 aliphatic heterocycles. The molecule has 130 valence electrons. The van der Waals surface area contributed by atoms with Crippen LogP contribution in [0.5, 0.6) is 0 Å². The van der Waals surface area contributed by atoms with Gasteiger partial charge < -0.3 is 9.64 Å². The number of ether oxygens (including phenoxy) is 1. The summed E-state index contributed by atoms with van der Waals surface area (Å²) < 4.78 is 5.10. The van der Waals surface area contributed by atoms with E-state index in [1.807, 2.05) is 54.6 Å². The number of nitrogens with zero attached hydrogens (tertiary/aromatic N) is 1. The smallest absolute Gasteiger partial charge is 0.310 e. The number of carbonyl (C=O) groups is 2. The number of hydrogen-bond acceptors (Lipinski definition) is 3. The maximum absolute atomic E-state index is 12.7. The van der Waals surface area contributed by atoms with Crippen LogP contribution in [0.25, 0.3) is 11.1 Å². The van der Waals surface area contributed by atoms with Crippen molar-refractivity contribution in [2.24, 2.45) is 5.92 Å². The van der Waals surface area contributed by atoms with E-state index in [1.165, 1.54) is 0 Å². The zero-order valence-electron chi connectivity index (χ0n) is 14.5. The molecule has 1 amide bonds. The van der Waals surface area contributed by atoms with Crippen LogP contribution in [0.3, 0.4) is 0 Å². The van der Waals surface area contributed by atoms with Gasteiger partial charge >= 0.3 is 5.97 Å². The van der Waals surface area contributed by atoms with E-state index < -0.39 is 0 Å². The minimum Gasteiger partial charge on any atom is -0.466 e. The van der Waals surface area contributed by atoms with Crippen molar-refractivity contribution in [3.8, 4) is 11.1 Å². The molecule has 25 heavy (non-hydrogen) atoms. The Labute approximate surface area is 148 Å². The number of likely N-dealkylation sites (tertiary alicyclic amines) is 1. The normalized spacial score (nSPS) is 17.2. The van der Waals surface area contributed by atoms with E-state index in [9.17, 15) is 9.59 Å². The molecule has 3 rings (SSSR count). The van der Waals surface area contributed by atoms with Gasteiger partial charge in [-0.2, -0.15) is 0 Å². The minimum absolute atomic E-state index is 0.0198. The standard InChI is InChI=1S/C21H23NO3/c1-2-25-21(24)19-9-6-14-22(15-19)20(23)18-12-10-17(11-13-18)16-7-4-3-5-8-16/h3-5,7-8,10-13,19H,2,6,9,14-15H2,1H3/t19-/m0/s1. The van der Waals surface area contributed by atoms with E-state index in [1.54, 1.807) is 11.8 Å². The van der Waals surface area contributed by atoms with E-state index in [2.05, 4.69) is 0 Å². The lowest BCUT2D eigenvalue weighted by atomic mass is 9.97. The summed E-state index contributed by atoms with van der Waals surface area (Å²) in [5, 5.41) is 0. The van der Waals surface area contributed by atoms with Crippen molar-refractivity contribution in [3.63, 3.8) is 0 Å². The minimum atomic E-state index is -0.207. The first-order valence-corrected chi connectivity index (χ1v) is 8.80. The number of piperidine rings is 1. The van der Waals surface area contributed by atoms with Gasteiger partial charge in [-0.15, -0.1) is 0 Å². The molecule has 2 aromatic carbocycles. The molecule has 1 fully saturated rings. The van der Waals surface area contributed by atoms with Crippen LogP contribution in [0.4, 0.5) is 0 Å². The molecule has 1 aliphatic rings. The maximum Gasteiger partial charge on any atom is 0.310 e. The van der Waals surface area contributed by atoms with Gasteiger partial charge in [0.2, 0.25) is 0 Å². The van der Waals surface area contributed by atoms with Crippen LogP contribution in [0.15, 0.2) is 54.6 Å². The van der Waals surface area contributed by atoms with Crippen LogP contribution in [0.1, 0.15) is 30.1 Å². The zero-order valence-corrected chi connectivity index (χ0v) is 14.5. The maximum atomic E-state index is 12.7. The van der Waals surface area contributed by atoms with Crippen LogP contribution >= 0.6 is 0 Å². The van der Waals surface area contributed by atoms with Crippen molar-refractivity contribution in [3.05, 3.63) is 60.2 Å². The molecular weight excluding hydrogens is 314 g/mol. The van der Waals surface area contributed by atoms with Crippen molar-refractivity contribution in [2.45, 2.75) is 19.8 Å². The first-order chi connectivity index (χ1) is 12.2. The fourth-order valence-corrected chi connectivity index (χ4v) is 3.23. The summed E-state index contributed by atoms with van der Waals surface area (Å²) in [6.45, 7) is 3.31. The van der Waals surface area contributed by atoms with Crippen LogP contribution in [-0.2, 0) is 9.53 Å². The molecule has 0 N–H and O–H groups in total. The third kappa shape index (κ3) is 4.08. The van der Waals surface area contributed by atoms with E-state index in [0.717, 1.165) is 24.0 Å². The molecular formula is C21H23NO3. The number of rotatable bonds is 4. The fourth-order valence-electron chi connectivity index (χ4n) is 3.23. The third-order valence-corrected chi connectivity index (χ3v) is 4.57. The van der Waals surface area contributed by atoms with Gasteiger partial charge in [0.05, 0.1) is 12.5 Å². The molecule has 2 aromatic rings. The van der Waals surface area contributed by atoms with Crippen LogP contribution in [0, 0.1) is 5.92 Å².